The van der Waals surface area contributed by atoms with Crippen LogP contribution in [-0.2, 0) is 0 Å². The number of nitriles is 1. The second-order valence-electron chi connectivity index (χ2n) is 3.33. The second-order valence-corrected chi connectivity index (χ2v) is 3.33. The van der Waals surface area contributed by atoms with Crippen LogP contribution in [0.1, 0.15) is 40.0 Å². The highest BCUT2D eigenvalue weighted by Gasteiger charge is 2.05. The molecule has 2 heteroatoms. The van der Waals surface area contributed by atoms with Crippen molar-refractivity contribution in [1.82, 2.24) is 5.32 Å². The Labute approximate surface area is 76.0 Å². The maximum Gasteiger partial charge on any atom is 0.0666 e. The Morgan fingerprint density at radius 2 is 2.08 bits per heavy atom. The number of hydrogen-bond acceptors (Lipinski definition) is 2. The standard InChI is InChI=1S/C10H20N2/c1-4-6-10(5-2)12-8-9(3)7-11/h9-10,12H,4-6,8H2,1-3H3. The third-order valence-electron chi connectivity index (χ3n) is 2.06. The molecule has 0 heterocycles. The van der Waals surface area contributed by atoms with E-state index in [4.69, 9.17) is 5.26 Å². The van der Waals surface area contributed by atoms with Crippen molar-refractivity contribution < 1.29 is 0 Å². The molecule has 12 heavy (non-hydrogen) atoms. The van der Waals surface area contributed by atoms with Crippen LogP contribution in [0, 0.1) is 17.2 Å². The molecule has 0 aromatic carbocycles. The minimum atomic E-state index is 0.135. The van der Waals surface area contributed by atoms with Crippen molar-refractivity contribution in [3.63, 3.8) is 0 Å². The normalized spacial score (nSPS) is 15.2. The van der Waals surface area contributed by atoms with E-state index in [1.54, 1.807) is 0 Å². The van der Waals surface area contributed by atoms with E-state index < -0.39 is 0 Å². The quantitative estimate of drug-likeness (QED) is 0.660. The topological polar surface area (TPSA) is 35.8 Å². The van der Waals surface area contributed by atoms with Gasteiger partial charge in [-0.25, -0.2) is 0 Å². The van der Waals surface area contributed by atoms with Crippen LogP contribution in [0.3, 0.4) is 0 Å². The summed E-state index contributed by atoms with van der Waals surface area (Å²) in [5.74, 6) is 0.135. The van der Waals surface area contributed by atoms with Gasteiger partial charge in [-0.2, -0.15) is 5.26 Å². The van der Waals surface area contributed by atoms with Gasteiger partial charge < -0.3 is 5.32 Å². The lowest BCUT2D eigenvalue weighted by atomic mass is 10.1. The highest BCUT2D eigenvalue weighted by atomic mass is 14.9. The smallest absolute Gasteiger partial charge is 0.0666 e. The molecule has 0 saturated carbocycles. The number of nitrogens with one attached hydrogen (secondary N) is 1. The highest BCUT2D eigenvalue weighted by molar-refractivity contribution is 4.81. The first-order valence-electron chi connectivity index (χ1n) is 4.87. The largest absolute Gasteiger partial charge is 0.313 e. The molecule has 0 aliphatic heterocycles. The first kappa shape index (κ1) is 11.4. The molecule has 0 bridgehead atoms. The average molecular weight is 168 g/mol. The van der Waals surface area contributed by atoms with E-state index in [-0.39, 0.29) is 5.92 Å². The summed E-state index contributed by atoms with van der Waals surface area (Å²) in [4.78, 5) is 0. The van der Waals surface area contributed by atoms with Gasteiger partial charge in [0.25, 0.3) is 0 Å². The SMILES string of the molecule is CCCC(CC)NCC(C)C#N. The fourth-order valence-electron chi connectivity index (χ4n) is 1.19. The van der Waals surface area contributed by atoms with E-state index in [0.717, 1.165) is 13.0 Å². The number of nitrogens with zero attached hydrogens (tertiary/aromatic N) is 1. The summed E-state index contributed by atoms with van der Waals surface area (Å²) in [6.07, 6.45) is 3.59. The maximum absolute atomic E-state index is 8.56. The van der Waals surface area contributed by atoms with Gasteiger partial charge in [-0.1, -0.05) is 20.3 Å². The fraction of sp³-hybridized carbons (Fsp3) is 0.900. The zero-order valence-electron chi connectivity index (χ0n) is 8.43. The average Bonchev–Trinajstić information content (AvgIpc) is 2.11. The van der Waals surface area contributed by atoms with Crippen LogP contribution < -0.4 is 5.32 Å². The van der Waals surface area contributed by atoms with E-state index >= 15 is 0 Å². The summed E-state index contributed by atoms with van der Waals surface area (Å²) < 4.78 is 0. The van der Waals surface area contributed by atoms with E-state index in [0.29, 0.717) is 6.04 Å². The van der Waals surface area contributed by atoms with Crippen molar-refractivity contribution in [2.75, 3.05) is 6.54 Å². The molecule has 0 amide bonds. The molecule has 2 atom stereocenters. The Morgan fingerprint density at radius 3 is 2.50 bits per heavy atom. The minimum absolute atomic E-state index is 0.135. The summed E-state index contributed by atoms with van der Waals surface area (Å²) in [6, 6.07) is 2.83. The summed E-state index contributed by atoms with van der Waals surface area (Å²) in [6.45, 7) is 7.16. The van der Waals surface area contributed by atoms with Crippen LogP contribution in [0.25, 0.3) is 0 Å². The van der Waals surface area contributed by atoms with E-state index in [9.17, 15) is 0 Å². The lowest BCUT2D eigenvalue weighted by molar-refractivity contribution is 0.444. The molecule has 0 saturated heterocycles. The monoisotopic (exact) mass is 168 g/mol. The molecule has 0 aliphatic carbocycles. The van der Waals surface area contributed by atoms with Crippen molar-refractivity contribution in [3.8, 4) is 6.07 Å². The van der Waals surface area contributed by atoms with Crippen molar-refractivity contribution in [2.45, 2.75) is 46.1 Å². The van der Waals surface area contributed by atoms with Crippen LogP contribution in [0.15, 0.2) is 0 Å². The van der Waals surface area contributed by atoms with Gasteiger partial charge in [0, 0.05) is 12.6 Å². The lowest BCUT2D eigenvalue weighted by Crippen LogP contribution is -2.31. The van der Waals surface area contributed by atoms with Crippen molar-refractivity contribution in [3.05, 3.63) is 0 Å². The first-order valence-corrected chi connectivity index (χ1v) is 4.87. The zero-order valence-corrected chi connectivity index (χ0v) is 8.43. The Hall–Kier alpha value is -0.550. The van der Waals surface area contributed by atoms with Gasteiger partial charge in [0.1, 0.15) is 0 Å². The molecule has 0 rings (SSSR count). The first-order chi connectivity index (χ1) is 5.74. The van der Waals surface area contributed by atoms with Crippen LogP contribution in [-0.4, -0.2) is 12.6 Å². The second kappa shape index (κ2) is 7.12. The Bertz CT molecular complexity index is 137. The van der Waals surface area contributed by atoms with E-state index in [2.05, 4.69) is 25.2 Å². The summed E-state index contributed by atoms with van der Waals surface area (Å²) >= 11 is 0. The third kappa shape index (κ3) is 5.15. The Kier molecular flexibility index (Phi) is 6.79. The molecule has 0 aromatic heterocycles. The van der Waals surface area contributed by atoms with Crippen LogP contribution in [0.5, 0.6) is 0 Å². The Balaban J connectivity index is 3.51. The molecule has 0 aliphatic rings. The highest BCUT2D eigenvalue weighted by Crippen LogP contribution is 2.01. The van der Waals surface area contributed by atoms with Gasteiger partial charge in [0.05, 0.1) is 12.0 Å². The lowest BCUT2D eigenvalue weighted by Gasteiger charge is -2.16. The van der Waals surface area contributed by atoms with Crippen molar-refractivity contribution in [1.29, 1.82) is 5.26 Å². The minimum Gasteiger partial charge on any atom is -0.313 e. The molecule has 0 aromatic rings. The molecule has 2 unspecified atom stereocenters. The molecule has 0 fully saturated rings. The van der Waals surface area contributed by atoms with Gasteiger partial charge in [-0.05, 0) is 19.8 Å². The molecule has 2 nitrogen and oxygen atoms in total. The van der Waals surface area contributed by atoms with Gasteiger partial charge in [0.2, 0.25) is 0 Å². The number of rotatable bonds is 6. The van der Waals surface area contributed by atoms with Gasteiger partial charge in [-0.15, -0.1) is 0 Å². The molecule has 0 spiro atoms. The zero-order chi connectivity index (χ0) is 9.40. The molecule has 70 valence electrons. The van der Waals surface area contributed by atoms with Crippen LogP contribution in [0.2, 0.25) is 0 Å². The molecule has 0 radical (unpaired) electrons. The van der Waals surface area contributed by atoms with Crippen LogP contribution >= 0.6 is 0 Å². The van der Waals surface area contributed by atoms with Crippen molar-refractivity contribution >= 4 is 0 Å². The van der Waals surface area contributed by atoms with E-state index in [1.165, 1.54) is 12.8 Å². The van der Waals surface area contributed by atoms with Crippen LogP contribution in [0.4, 0.5) is 0 Å². The summed E-state index contributed by atoms with van der Waals surface area (Å²) in [5, 5.41) is 12.0. The van der Waals surface area contributed by atoms with Gasteiger partial charge in [0.15, 0.2) is 0 Å². The third-order valence-corrected chi connectivity index (χ3v) is 2.06. The van der Waals surface area contributed by atoms with Gasteiger partial charge in [-0.3, -0.25) is 0 Å². The maximum atomic E-state index is 8.56. The fourth-order valence-corrected chi connectivity index (χ4v) is 1.19. The Morgan fingerprint density at radius 1 is 1.42 bits per heavy atom. The number of hydrogen-bond donors (Lipinski definition) is 1. The molecular formula is C10H20N2. The predicted octanol–water partition coefficient (Wildman–Crippen LogP) is 2.31. The summed E-state index contributed by atoms with van der Waals surface area (Å²) in [5.41, 5.74) is 0. The molecule has 1 N–H and O–H groups in total. The van der Waals surface area contributed by atoms with Gasteiger partial charge >= 0.3 is 0 Å². The predicted molar refractivity (Wildman–Crippen MR) is 51.8 cm³/mol. The summed E-state index contributed by atoms with van der Waals surface area (Å²) in [7, 11) is 0. The van der Waals surface area contributed by atoms with Crippen molar-refractivity contribution in [2.24, 2.45) is 5.92 Å². The van der Waals surface area contributed by atoms with E-state index in [1.807, 2.05) is 6.92 Å². The molecular weight excluding hydrogens is 148 g/mol.